The number of aromatic nitrogens is 2. The highest BCUT2D eigenvalue weighted by Crippen LogP contribution is 2.28. The lowest BCUT2D eigenvalue weighted by Crippen LogP contribution is -2.48. The van der Waals surface area contributed by atoms with E-state index in [2.05, 4.69) is 15.3 Å². The number of urea groups is 1. The largest absolute Gasteiger partial charge is 0.458 e. The van der Waals surface area contributed by atoms with Gasteiger partial charge in [0.05, 0.1) is 6.54 Å². The van der Waals surface area contributed by atoms with Crippen LogP contribution in [-0.4, -0.2) is 40.1 Å². The van der Waals surface area contributed by atoms with Gasteiger partial charge in [-0.3, -0.25) is 0 Å². The number of rotatable bonds is 4. The van der Waals surface area contributed by atoms with Gasteiger partial charge in [-0.2, -0.15) is 18.2 Å². The number of carbonyl (C=O) groups is 1. The van der Waals surface area contributed by atoms with E-state index >= 15 is 0 Å². The summed E-state index contributed by atoms with van der Waals surface area (Å²) in [5.74, 6) is -0.358. The Morgan fingerprint density at radius 3 is 2.71 bits per heavy atom. The van der Waals surface area contributed by atoms with Crippen molar-refractivity contribution >= 4 is 6.03 Å². The van der Waals surface area contributed by atoms with Crippen LogP contribution in [0.2, 0.25) is 0 Å². The third-order valence-electron chi connectivity index (χ3n) is 4.22. The summed E-state index contributed by atoms with van der Waals surface area (Å²) >= 11 is 0. The summed E-state index contributed by atoms with van der Waals surface area (Å²) in [5.41, 5.74) is -0.334. The predicted molar refractivity (Wildman–Crippen MR) is 90.9 cm³/mol. The first-order valence-corrected chi connectivity index (χ1v) is 8.65. The zero-order chi connectivity index (χ0) is 20.1. The van der Waals surface area contributed by atoms with Crippen LogP contribution >= 0.6 is 0 Å². The second kappa shape index (κ2) is 8.41. The van der Waals surface area contributed by atoms with Crippen LogP contribution in [0.1, 0.15) is 24.1 Å². The van der Waals surface area contributed by atoms with Crippen LogP contribution in [0.3, 0.4) is 0 Å². The van der Waals surface area contributed by atoms with E-state index in [4.69, 9.17) is 4.74 Å². The number of ether oxygens (including phenoxy) is 1. The first kappa shape index (κ1) is 19.8. The number of nitrogens with zero attached hydrogens (tertiary/aromatic N) is 3. The Hall–Kier alpha value is -2.91. The van der Waals surface area contributed by atoms with Gasteiger partial charge in [-0.25, -0.2) is 14.2 Å². The molecule has 1 aromatic heterocycles. The maximum absolute atomic E-state index is 12.9. The number of halogens is 4. The van der Waals surface area contributed by atoms with Gasteiger partial charge in [-0.15, -0.1) is 0 Å². The van der Waals surface area contributed by atoms with E-state index in [-0.39, 0.29) is 30.9 Å². The van der Waals surface area contributed by atoms with E-state index < -0.39 is 18.0 Å². The second-order valence-corrected chi connectivity index (χ2v) is 6.34. The summed E-state index contributed by atoms with van der Waals surface area (Å²) in [5, 5.41) is 2.73. The molecule has 3 rings (SSSR count). The molecule has 0 bridgehead atoms. The lowest BCUT2D eigenvalue weighted by molar-refractivity contribution is -0.141. The molecule has 2 heterocycles. The molecule has 150 valence electrons. The maximum Gasteiger partial charge on any atom is 0.433 e. The molecule has 1 aliphatic rings. The fourth-order valence-corrected chi connectivity index (χ4v) is 2.82. The van der Waals surface area contributed by atoms with Gasteiger partial charge >= 0.3 is 18.2 Å². The van der Waals surface area contributed by atoms with E-state index in [1.165, 1.54) is 17.0 Å². The molecular weight excluding hydrogens is 380 g/mol. The van der Waals surface area contributed by atoms with Gasteiger partial charge in [0.1, 0.15) is 11.9 Å². The standard InChI is InChI=1S/C18H18F4N4O2/c19-13-5-3-12(4-6-13)10-24-17(27)26-9-1-2-14(11-26)28-16-23-8-7-15(25-16)18(20,21)22/h3-8,14H,1-2,9-11H2,(H,24,27). The first-order chi connectivity index (χ1) is 13.3. The van der Waals surface area contributed by atoms with Crippen molar-refractivity contribution in [2.45, 2.75) is 31.7 Å². The molecule has 0 spiro atoms. The van der Waals surface area contributed by atoms with Gasteiger partial charge in [0.25, 0.3) is 0 Å². The van der Waals surface area contributed by atoms with Crippen molar-refractivity contribution in [1.82, 2.24) is 20.2 Å². The fraction of sp³-hybridized carbons (Fsp3) is 0.389. The van der Waals surface area contributed by atoms with Crippen molar-refractivity contribution in [2.75, 3.05) is 13.1 Å². The van der Waals surface area contributed by atoms with Crippen LogP contribution in [0, 0.1) is 5.82 Å². The third kappa shape index (κ3) is 5.30. The molecule has 1 unspecified atom stereocenters. The summed E-state index contributed by atoms with van der Waals surface area (Å²) in [6, 6.07) is 5.83. The highest BCUT2D eigenvalue weighted by molar-refractivity contribution is 5.74. The quantitative estimate of drug-likeness (QED) is 0.802. The average molecular weight is 398 g/mol. The third-order valence-corrected chi connectivity index (χ3v) is 4.22. The molecule has 1 aliphatic heterocycles. The Labute approximate surface area is 158 Å². The molecule has 2 aromatic rings. The zero-order valence-corrected chi connectivity index (χ0v) is 14.7. The number of amides is 2. The molecule has 1 fully saturated rings. The predicted octanol–water partition coefficient (Wildman–Crippen LogP) is 3.39. The lowest BCUT2D eigenvalue weighted by atomic mass is 10.1. The Balaban J connectivity index is 1.55. The highest BCUT2D eigenvalue weighted by atomic mass is 19.4. The Morgan fingerprint density at radius 1 is 1.25 bits per heavy atom. The van der Waals surface area contributed by atoms with E-state index in [9.17, 15) is 22.4 Å². The van der Waals surface area contributed by atoms with Gasteiger partial charge < -0.3 is 15.0 Å². The van der Waals surface area contributed by atoms with Gasteiger partial charge in [0, 0.05) is 19.3 Å². The van der Waals surface area contributed by atoms with Crippen LogP contribution in [0.4, 0.5) is 22.4 Å². The van der Waals surface area contributed by atoms with Gasteiger partial charge in [-0.05, 0) is 36.6 Å². The van der Waals surface area contributed by atoms with Crippen LogP contribution in [-0.2, 0) is 12.7 Å². The number of alkyl halides is 3. The monoisotopic (exact) mass is 398 g/mol. The van der Waals surface area contributed by atoms with Crippen LogP contribution in [0.25, 0.3) is 0 Å². The number of carbonyl (C=O) groups excluding carboxylic acids is 1. The smallest absolute Gasteiger partial charge is 0.433 e. The molecule has 1 atom stereocenters. The fourth-order valence-electron chi connectivity index (χ4n) is 2.82. The van der Waals surface area contributed by atoms with Crippen molar-refractivity contribution in [1.29, 1.82) is 0 Å². The molecule has 0 radical (unpaired) electrons. The van der Waals surface area contributed by atoms with Crippen molar-refractivity contribution < 1.29 is 27.1 Å². The van der Waals surface area contributed by atoms with E-state index in [0.717, 1.165) is 17.8 Å². The van der Waals surface area contributed by atoms with Crippen LogP contribution < -0.4 is 10.1 Å². The Morgan fingerprint density at radius 2 is 2.00 bits per heavy atom. The summed E-state index contributed by atoms with van der Waals surface area (Å²) in [6.45, 7) is 0.936. The van der Waals surface area contributed by atoms with E-state index in [0.29, 0.717) is 19.4 Å². The highest BCUT2D eigenvalue weighted by Gasteiger charge is 2.33. The second-order valence-electron chi connectivity index (χ2n) is 6.34. The van der Waals surface area contributed by atoms with Gasteiger partial charge in [0.15, 0.2) is 5.69 Å². The molecule has 28 heavy (non-hydrogen) atoms. The Kier molecular flexibility index (Phi) is 5.96. The molecular formula is C18H18F4N4O2. The molecule has 0 aliphatic carbocycles. The van der Waals surface area contributed by atoms with Crippen molar-refractivity contribution in [3.63, 3.8) is 0 Å². The molecule has 1 saturated heterocycles. The number of hydrogen-bond donors (Lipinski definition) is 1. The maximum atomic E-state index is 12.9. The van der Waals surface area contributed by atoms with E-state index in [1.54, 1.807) is 12.1 Å². The summed E-state index contributed by atoms with van der Waals surface area (Å²) in [7, 11) is 0. The van der Waals surface area contributed by atoms with Crippen molar-refractivity contribution in [3.05, 3.63) is 53.6 Å². The molecule has 10 heteroatoms. The van der Waals surface area contributed by atoms with Crippen LogP contribution in [0.5, 0.6) is 6.01 Å². The average Bonchev–Trinajstić information content (AvgIpc) is 2.67. The number of nitrogens with one attached hydrogen (secondary N) is 1. The van der Waals surface area contributed by atoms with Crippen LogP contribution in [0.15, 0.2) is 36.5 Å². The summed E-state index contributed by atoms with van der Waals surface area (Å²) in [4.78, 5) is 20.9. The molecule has 1 aromatic carbocycles. The molecule has 0 saturated carbocycles. The number of benzene rings is 1. The summed E-state index contributed by atoms with van der Waals surface area (Å²) in [6.07, 6.45) is -2.90. The minimum Gasteiger partial charge on any atom is -0.458 e. The number of piperidine rings is 1. The zero-order valence-electron chi connectivity index (χ0n) is 14.7. The van der Waals surface area contributed by atoms with Crippen molar-refractivity contribution in [3.8, 4) is 6.01 Å². The Bertz CT molecular complexity index is 814. The minimum atomic E-state index is -4.58. The summed E-state index contributed by atoms with van der Waals surface area (Å²) < 4.78 is 56.6. The molecule has 1 N–H and O–H groups in total. The SMILES string of the molecule is O=C(NCc1ccc(F)cc1)N1CCCC(Oc2nccc(C(F)(F)F)n2)C1. The first-order valence-electron chi connectivity index (χ1n) is 8.65. The number of likely N-dealkylation sites (tertiary alicyclic amines) is 1. The normalized spacial score (nSPS) is 17.3. The molecule has 6 nitrogen and oxygen atoms in total. The topological polar surface area (TPSA) is 67.4 Å². The number of hydrogen-bond acceptors (Lipinski definition) is 4. The van der Waals surface area contributed by atoms with Gasteiger partial charge in [0.2, 0.25) is 0 Å². The minimum absolute atomic E-state index is 0.203. The lowest BCUT2D eigenvalue weighted by Gasteiger charge is -2.32. The van der Waals surface area contributed by atoms with Crippen molar-refractivity contribution in [2.24, 2.45) is 0 Å². The van der Waals surface area contributed by atoms with E-state index in [1.807, 2.05) is 0 Å². The molecule has 2 amide bonds. The van der Waals surface area contributed by atoms with Gasteiger partial charge in [-0.1, -0.05) is 12.1 Å².